The maximum atomic E-state index is 15.7. The predicted molar refractivity (Wildman–Crippen MR) is 149 cm³/mol. The number of benzene rings is 1. The van der Waals surface area contributed by atoms with Crippen LogP contribution >= 0.6 is 0 Å². The van der Waals surface area contributed by atoms with Gasteiger partial charge in [-0.2, -0.15) is 13.2 Å². The Kier molecular flexibility index (Phi) is 8.19. The molecular weight excluding hydrogens is 558 g/mol. The molecule has 224 valence electrons. The summed E-state index contributed by atoms with van der Waals surface area (Å²) in [5.41, 5.74) is -2.31. The van der Waals surface area contributed by atoms with Gasteiger partial charge in [-0.25, -0.2) is 14.4 Å². The first-order chi connectivity index (χ1) is 19.9. The molecule has 5 rings (SSSR count). The fraction of sp³-hybridized carbons (Fsp3) is 0.429. The first kappa shape index (κ1) is 29.5. The van der Waals surface area contributed by atoms with E-state index in [1.54, 1.807) is 0 Å². The summed E-state index contributed by atoms with van der Waals surface area (Å²) in [6.07, 6.45) is -1.28. The molecule has 1 amide bonds. The van der Waals surface area contributed by atoms with Gasteiger partial charge in [-0.1, -0.05) is 0 Å². The Morgan fingerprint density at radius 1 is 1.10 bits per heavy atom. The number of carbonyl (C=O) groups excluding carboxylic acids is 1. The number of likely N-dealkylation sites (N-methyl/N-ethyl adjacent to an activating group) is 1. The highest BCUT2D eigenvalue weighted by Crippen LogP contribution is 2.37. The van der Waals surface area contributed by atoms with Gasteiger partial charge in [0, 0.05) is 68.0 Å². The molecule has 0 saturated carbocycles. The molecular formula is C28H31F4N7O3. The number of H-pyrrole nitrogens is 1. The van der Waals surface area contributed by atoms with Crippen LogP contribution in [0.4, 0.5) is 34.9 Å². The Morgan fingerprint density at radius 3 is 2.50 bits per heavy atom. The van der Waals surface area contributed by atoms with Crippen molar-refractivity contribution in [2.45, 2.75) is 32.1 Å². The molecule has 0 spiro atoms. The summed E-state index contributed by atoms with van der Waals surface area (Å²) in [5.74, 6) is -1.25. The molecule has 14 heteroatoms. The smallest absolute Gasteiger partial charge is 0.377 e. The Hall–Kier alpha value is -4.04. The predicted octanol–water partition coefficient (Wildman–Crippen LogP) is 3.61. The molecule has 3 aromatic rings. The average Bonchev–Trinajstić information content (AvgIpc) is 2.95. The second kappa shape index (κ2) is 11.7. The highest BCUT2D eigenvalue weighted by Gasteiger charge is 2.36. The minimum Gasteiger partial charge on any atom is -0.377 e. The van der Waals surface area contributed by atoms with E-state index in [1.165, 1.54) is 24.5 Å². The lowest BCUT2D eigenvalue weighted by Gasteiger charge is -2.39. The third-order valence-electron chi connectivity index (χ3n) is 7.68. The van der Waals surface area contributed by atoms with Crippen LogP contribution in [0.1, 0.15) is 29.8 Å². The van der Waals surface area contributed by atoms with Crippen molar-refractivity contribution < 1.29 is 27.1 Å². The number of halogens is 4. The summed E-state index contributed by atoms with van der Waals surface area (Å²) in [6.45, 7) is 7.31. The van der Waals surface area contributed by atoms with Crippen molar-refractivity contribution in [2.24, 2.45) is 0 Å². The first-order valence-electron chi connectivity index (χ1n) is 13.5. The molecule has 0 bridgehead atoms. The Labute approximate surface area is 239 Å². The third-order valence-corrected chi connectivity index (χ3v) is 7.68. The van der Waals surface area contributed by atoms with E-state index in [4.69, 9.17) is 4.74 Å². The van der Waals surface area contributed by atoms with Crippen molar-refractivity contribution in [3.05, 3.63) is 64.1 Å². The Morgan fingerprint density at radius 2 is 1.83 bits per heavy atom. The fourth-order valence-electron chi connectivity index (χ4n) is 5.13. The number of rotatable bonds is 5. The summed E-state index contributed by atoms with van der Waals surface area (Å²) in [4.78, 5) is 41.8. The normalized spacial score (nSPS) is 20.1. The van der Waals surface area contributed by atoms with Gasteiger partial charge in [0.1, 0.15) is 5.82 Å². The number of aromatic amines is 1. The number of anilines is 3. The van der Waals surface area contributed by atoms with E-state index in [0.717, 1.165) is 6.20 Å². The third kappa shape index (κ3) is 6.09. The van der Waals surface area contributed by atoms with Crippen molar-refractivity contribution in [3.8, 4) is 11.1 Å². The molecule has 2 aliphatic heterocycles. The van der Waals surface area contributed by atoms with Gasteiger partial charge in [0.05, 0.1) is 41.8 Å². The first-order valence-corrected chi connectivity index (χ1v) is 13.5. The summed E-state index contributed by atoms with van der Waals surface area (Å²) in [5, 5.41) is 2.54. The van der Waals surface area contributed by atoms with Gasteiger partial charge in [-0.05, 0) is 33.0 Å². The zero-order valence-corrected chi connectivity index (χ0v) is 23.3. The number of morpholine rings is 1. The van der Waals surface area contributed by atoms with Crippen LogP contribution in [0.5, 0.6) is 0 Å². The second-order valence-electron chi connectivity index (χ2n) is 10.6. The molecule has 42 heavy (non-hydrogen) atoms. The van der Waals surface area contributed by atoms with E-state index in [1.807, 2.05) is 30.7 Å². The van der Waals surface area contributed by atoms with E-state index in [9.17, 15) is 22.8 Å². The van der Waals surface area contributed by atoms with E-state index in [-0.39, 0.29) is 23.3 Å². The molecule has 2 atom stereocenters. The monoisotopic (exact) mass is 589 g/mol. The van der Waals surface area contributed by atoms with Crippen molar-refractivity contribution >= 4 is 23.2 Å². The van der Waals surface area contributed by atoms with Crippen LogP contribution in [0.3, 0.4) is 0 Å². The lowest BCUT2D eigenvalue weighted by Crippen LogP contribution is -2.50. The fourth-order valence-corrected chi connectivity index (χ4v) is 5.13. The topological polar surface area (TPSA) is 107 Å². The zero-order valence-electron chi connectivity index (χ0n) is 23.3. The number of hydrogen-bond donors (Lipinski definition) is 2. The number of amides is 1. The lowest BCUT2D eigenvalue weighted by molar-refractivity contribution is -0.138. The number of carbonyl (C=O) groups is 1. The molecule has 2 aromatic heterocycles. The SMILES string of the molecule is CC1CN(c2cc(F)c(-c3cnc(N4CCOCC4C)nc3)cc2NC(=O)c2c[nH]c(=O)cc2C(F)(F)F)CCN1C. The van der Waals surface area contributed by atoms with Crippen molar-refractivity contribution in [2.75, 3.05) is 61.6 Å². The van der Waals surface area contributed by atoms with Crippen LogP contribution < -0.4 is 20.7 Å². The molecule has 10 nitrogen and oxygen atoms in total. The molecule has 2 N–H and O–H groups in total. The quantitative estimate of drug-likeness (QED) is 0.435. The van der Waals surface area contributed by atoms with Gasteiger partial charge in [0.2, 0.25) is 11.5 Å². The highest BCUT2D eigenvalue weighted by atomic mass is 19.4. The van der Waals surface area contributed by atoms with E-state index in [0.29, 0.717) is 62.7 Å². The van der Waals surface area contributed by atoms with Gasteiger partial charge in [0.15, 0.2) is 0 Å². The zero-order chi connectivity index (χ0) is 30.2. The summed E-state index contributed by atoms with van der Waals surface area (Å²) >= 11 is 0. The molecule has 2 unspecified atom stereocenters. The van der Waals surface area contributed by atoms with Crippen molar-refractivity contribution in [1.29, 1.82) is 0 Å². The molecule has 2 saturated heterocycles. The molecule has 1 aromatic carbocycles. The molecule has 2 aliphatic rings. The summed E-state index contributed by atoms with van der Waals surface area (Å²) in [7, 11) is 1.96. The van der Waals surface area contributed by atoms with E-state index >= 15 is 4.39 Å². The van der Waals surface area contributed by atoms with Gasteiger partial charge in [0.25, 0.3) is 5.91 Å². The van der Waals surface area contributed by atoms with E-state index in [2.05, 4.69) is 25.2 Å². The van der Waals surface area contributed by atoms with Gasteiger partial charge in [-0.3, -0.25) is 9.59 Å². The van der Waals surface area contributed by atoms with Gasteiger partial charge >= 0.3 is 6.18 Å². The number of pyridine rings is 1. The minimum absolute atomic E-state index is 0.0583. The molecule has 0 aliphatic carbocycles. The van der Waals surface area contributed by atoms with Gasteiger partial charge < -0.3 is 29.7 Å². The number of nitrogens with zero attached hydrogens (tertiary/aromatic N) is 5. The average molecular weight is 590 g/mol. The lowest BCUT2D eigenvalue weighted by atomic mass is 10.0. The number of alkyl halides is 3. The molecule has 4 heterocycles. The van der Waals surface area contributed by atoms with Crippen LogP contribution in [0.25, 0.3) is 11.1 Å². The number of aromatic nitrogens is 3. The summed E-state index contributed by atoms with van der Waals surface area (Å²) in [6, 6.07) is 3.13. The molecule has 2 fully saturated rings. The van der Waals surface area contributed by atoms with Crippen LogP contribution in [0.2, 0.25) is 0 Å². The van der Waals surface area contributed by atoms with Crippen LogP contribution in [0, 0.1) is 5.82 Å². The number of piperazine rings is 1. The summed E-state index contributed by atoms with van der Waals surface area (Å²) < 4.78 is 62.2. The van der Waals surface area contributed by atoms with Crippen molar-refractivity contribution in [1.82, 2.24) is 19.9 Å². The standard InChI is InChI=1S/C28H31F4N7O3/c1-16-14-38(5-4-37(16)3)24-10-22(29)19(18-11-34-27(35-12-18)39-6-7-42-15-17(39)2)8-23(24)36-26(41)20-13-33-25(40)9-21(20)28(30,31)32/h8-13,16-17H,4-7,14-15H2,1-3H3,(H,33,40)(H,36,41). The maximum absolute atomic E-state index is 15.7. The minimum atomic E-state index is -4.94. The maximum Gasteiger partial charge on any atom is 0.417 e. The van der Waals surface area contributed by atoms with Crippen LogP contribution in [0.15, 0.2) is 41.6 Å². The van der Waals surface area contributed by atoms with Crippen molar-refractivity contribution in [3.63, 3.8) is 0 Å². The Balaban J connectivity index is 1.53. The number of hydrogen-bond acceptors (Lipinski definition) is 8. The van der Waals surface area contributed by atoms with Gasteiger partial charge in [-0.15, -0.1) is 0 Å². The highest BCUT2D eigenvalue weighted by molar-refractivity contribution is 6.07. The largest absolute Gasteiger partial charge is 0.417 e. The molecule has 0 radical (unpaired) electrons. The second-order valence-corrected chi connectivity index (χ2v) is 10.6. The van der Waals surface area contributed by atoms with E-state index < -0.39 is 34.6 Å². The number of ether oxygens (including phenoxy) is 1. The van der Waals surface area contributed by atoms with Crippen LogP contribution in [-0.2, 0) is 10.9 Å². The Bertz CT molecular complexity index is 1510. The number of nitrogens with one attached hydrogen (secondary N) is 2. The van der Waals surface area contributed by atoms with Crippen LogP contribution in [-0.4, -0.2) is 84.3 Å².